The molecule has 2 rings (SSSR count). The summed E-state index contributed by atoms with van der Waals surface area (Å²) in [4.78, 5) is 12.1. The monoisotopic (exact) mass is 207 g/mol. The van der Waals surface area contributed by atoms with E-state index in [-0.39, 0.29) is 69.9 Å². The number of fused-ring (bicyclic) bond motifs is 1. The topological polar surface area (TPSA) is 63.4 Å². The number of carbonyl (C=O) groups excluding carboxylic acids is 1. The fourth-order valence-electron chi connectivity index (χ4n) is 1.80. The predicted molar refractivity (Wildman–Crippen MR) is 39.1 cm³/mol. The Balaban J connectivity index is 0.000000845. The van der Waals surface area contributed by atoms with E-state index in [9.17, 15) is 15.0 Å². The van der Waals surface area contributed by atoms with Gasteiger partial charge in [-0.3, -0.25) is 4.90 Å². The Morgan fingerprint density at radius 1 is 1.54 bits per heavy atom. The second-order valence-electron chi connectivity index (χ2n) is 3.22. The summed E-state index contributed by atoms with van der Waals surface area (Å²) >= 11 is 0. The molecule has 1 unspecified atom stereocenters. The largest absolute Gasteiger partial charge is 1.00 e. The van der Waals surface area contributed by atoms with E-state index in [0.717, 1.165) is 0 Å². The Morgan fingerprint density at radius 2 is 2.23 bits per heavy atom. The van der Waals surface area contributed by atoms with Crippen LogP contribution in [0.1, 0.15) is 6.42 Å². The van der Waals surface area contributed by atoms with E-state index in [1.54, 1.807) is 6.08 Å². The Labute approximate surface area is 119 Å². The quantitative estimate of drug-likeness (QED) is 0.286. The van der Waals surface area contributed by atoms with Crippen molar-refractivity contribution in [3.63, 3.8) is 0 Å². The van der Waals surface area contributed by atoms with Gasteiger partial charge in [-0.15, -0.1) is 0 Å². The second kappa shape index (κ2) is 4.52. The Morgan fingerprint density at radius 3 is 2.69 bits per heavy atom. The third-order valence-corrected chi connectivity index (χ3v) is 2.46. The molecule has 5 heteroatoms. The van der Waals surface area contributed by atoms with Crippen LogP contribution in [0.3, 0.4) is 0 Å². The molecule has 2 aliphatic rings. The zero-order valence-electron chi connectivity index (χ0n) is 7.51. The summed E-state index contributed by atoms with van der Waals surface area (Å²) in [6.45, 7) is 0.485. The molecule has 1 aliphatic carbocycles. The maximum Gasteiger partial charge on any atom is 1.00 e. The molecule has 1 aliphatic heterocycles. The van der Waals surface area contributed by atoms with Gasteiger partial charge >= 0.3 is 51.4 Å². The van der Waals surface area contributed by atoms with Crippen LogP contribution in [0.25, 0.3) is 0 Å². The Kier molecular flexibility index (Phi) is 4.12. The van der Waals surface area contributed by atoms with Gasteiger partial charge in [-0.2, -0.15) is 0 Å². The van der Waals surface area contributed by atoms with Crippen molar-refractivity contribution in [1.82, 2.24) is 4.90 Å². The SMILES string of the molecule is O=C([O-])CCN1[C@H]2[C@H](O)C=C[C@H]21.[K+]. The third-order valence-electron chi connectivity index (χ3n) is 2.46. The van der Waals surface area contributed by atoms with Gasteiger partial charge in [-0.05, 0) is 6.42 Å². The van der Waals surface area contributed by atoms with Crippen LogP contribution >= 0.6 is 0 Å². The molecule has 66 valence electrons. The summed E-state index contributed by atoms with van der Waals surface area (Å²) in [6.07, 6.45) is 3.32. The van der Waals surface area contributed by atoms with Crippen LogP contribution in [-0.4, -0.2) is 40.7 Å². The average molecular weight is 207 g/mol. The van der Waals surface area contributed by atoms with Crippen LogP contribution in [0.2, 0.25) is 0 Å². The van der Waals surface area contributed by atoms with Gasteiger partial charge in [0, 0.05) is 18.6 Å². The second-order valence-corrected chi connectivity index (χ2v) is 3.22. The van der Waals surface area contributed by atoms with Gasteiger partial charge in [-0.25, -0.2) is 0 Å². The predicted octanol–water partition coefficient (Wildman–Crippen LogP) is -4.89. The van der Waals surface area contributed by atoms with E-state index in [4.69, 9.17) is 0 Å². The molecule has 0 saturated carbocycles. The van der Waals surface area contributed by atoms with E-state index in [2.05, 4.69) is 0 Å². The molecule has 1 fully saturated rings. The number of rotatable bonds is 3. The zero-order chi connectivity index (χ0) is 8.72. The minimum atomic E-state index is -1.03. The summed E-state index contributed by atoms with van der Waals surface area (Å²) in [6, 6.07) is 0.420. The molecular weight excluding hydrogens is 197 g/mol. The summed E-state index contributed by atoms with van der Waals surface area (Å²) in [5.41, 5.74) is 0. The van der Waals surface area contributed by atoms with E-state index < -0.39 is 12.1 Å². The van der Waals surface area contributed by atoms with Gasteiger partial charge < -0.3 is 15.0 Å². The van der Waals surface area contributed by atoms with E-state index in [0.29, 0.717) is 6.54 Å². The fourth-order valence-corrected chi connectivity index (χ4v) is 1.80. The molecule has 13 heavy (non-hydrogen) atoms. The van der Waals surface area contributed by atoms with Crippen LogP contribution in [0.5, 0.6) is 0 Å². The number of carboxylic acid groups (broad SMARTS) is 1. The molecular formula is C8H10KNO3. The maximum atomic E-state index is 10.1. The summed E-state index contributed by atoms with van der Waals surface area (Å²) in [7, 11) is 0. The Bertz CT molecular complexity index is 244. The average Bonchev–Trinajstić information content (AvgIpc) is 2.58. The summed E-state index contributed by atoms with van der Waals surface area (Å²) in [5.74, 6) is -1.03. The molecule has 0 aromatic rings. The van der Waals surface area contributed by atoms with Crippen molar-refractivity contribution < 1.29 is 66.4 Å². The normalized spacial score (nSPS) is 39.5. The Hall–Kier alpha value is 0.766. The van der Waals surface area contributed by atoms with Crippen molar-refractivity contribution in [2.45, 2.75) is 24.6 Å². The molecule has 0 spiro atoms. The number of nitrogens with zero attached hydrogens (tertiary/aromatic N) is 1. The van der Waals surface area contributed by atoms with E-state index >= 15 is 0 Å². The van der Waals surface area contributed by atoms with E-state index in [1.807, 2.05) is 11.0 Å². The van der Waals surface area contributed by atoms with Crippen molar-refractivity contribution in [2.75, 3.05) is 6.54 Å². The van der Waals surface area contributed by atoms with Crippen LogP contribution < -0.4 is 56.5 Å². The molecule has 4 atom stereocenters. The number of aliphatic hydroxyl groups excluding tert-OH is 1. The van der Waals surface area contributed by atoms with Gasteiger partial charge in [-0.1, -0.05) is 12.2 Å². The van der Waals surface area contributed by atoms with E-state index in [1.165, 1.54) is 0 Å². The zero-order valence-corrected chi connectivity index (χ0v) is 10.6. The molecule has 0 radical (unpaired) electrons. The molecule has 0 aromatic carbocycles. The first-order chi connectivity index (χ1) is 5.70. The number of carbonyl (C=O) groups is 1. The van der Waals surface area contributed by atoms with Gasteiger partial charge in [0.2, 0.25) is 0 Å². The number of hydrogen-bond acceptors (Lipinski definition) is 4. The van der Waals surface area contributed by atoms with Crippen molar-refractivity contribution in [3.05, 3.63) is 12.2 Å². The van der Waals surface area contributed by atoms with Crippen LogP contribution in [0.15, 0.2) is 12.2 Å². The smallest absolute Gasteiger partial charge is 0.550 e. The van der Waals surface area contributed by atoms with Crippen LogP contribution in [0, 0.1) is 0 Å². The summed E-state index contributed by atoms with van der Waals surface area (Å²) in [5, 5.41) is 19.4. The van der Waals surface area contributed by atoms with Gasteiger partial charge in [0.15, 0.2) is 0 Å². The third kappa shape index (κ3) is 2.41. The van der Waals surface area contributed by atoms with Crippen LogP contribution in [-0.2, 0) is 4.79 Å². The molecule has 0 bridgehead atoms. The van der Waals surface area contributed by atoms with Crippen molar-refractivity contribution >= 4 is 5.97 Å². The first-order valence-electron chi connectivity index (χ1n) is 4.02. The number of aliphatic hydroxyl groups is 1. The molecule has 0 aromatic heterocycles. The van der Waals surface area contributed by atoms with Gasteiger partial charge in [0.1, 0.15) is 0 Å². The maximum absolute atomic E-state index is 10.1. The first-order valence-corrected chi connectivity index (χ1v) is 4.02. The standard InChI is InChI=1S/C8H11NO3.K/c10-6-2-1-5-8(6)9(5)4-3-7(11)12;/h1-2,5-6,8,10H,3-4H2,(H,11,12);/q;+1/p-1/t5-,6-,8-,9?;/m1./s1. The minimum absolute atomic E-state index is 0. The summed E-state index contributed by atoms with van der Waals surface area (Å²) < 4.78 is 0. The van der Waals surface area contributed by atoms with Crippen molar-refractivity contribution in [3.8, 4) is 0 Å². The number of carboxylic acids is 1. The molecule has 1 N–H and O–H groups in total. The molecule has 0 amide bonds. The van der Waals surface area contributed by atoms with Crippen molar-refractivity contribution in [1.29, 1.82) is 0 Å². The van der Waals surface area contributed by atoms with Crippen molar-refractivity contribution in [2.24, 2.45) is 0 Å². The number of hydrogen-bond donors (Lipinski definition) is 1. The molecule has 4 nitrogen and oxygen atoms in total. The van der Waals surface area contributed by atoms with Crippen LogP contribution in [0.4, 0.5) is 0 Å². The molecule has 1 heterocycles. The first kappa shape index (κ1) is 11.8. The molecule has 1 saturated heterocycles. The fraction of sp³-hybridized carbons (Fsp3) is 0.625. The van der Waals surface area contributed by atoms with Gasteiger partial charge in [0.25, 0.3) is 0 Å². The number of aliphatic carboxylic acids is 1. The minimum Gasteiger partial charge on any atom is -0.550 e. The van der Waals surface area contributed by atoms with Gasteiger partial charge in [0.05, 0.1) is 12.1 Å².